The predicted octanol–water partition coefficient (Wildman–Crippen LogP) is 7.22. The zero-order valence-corrected chi connectivity index (χ0v) is 21.6. The van der Waals surface area contributed by atoms with Crippen LogP contribution in [0.15, 0.2) is 11.6 Å². The number of aliphatic carboxylic acids is 2. The van der Waals surface area contributed by atoms with E-state index in [-0.39, 0.29) is 24.0 Å². The molecule has 0 radical (unpaired) electrons. The van der Waals surface area contributed by atoms with Gasteiger partial charge in [-0.05, 0) is 50.2 Å². The van der Waals surface area contributed by atoms with Crippen LogP contribution < -0.4 is 0 Å². The van der Waals surface area contributed by atoms with Gasteiger partial charge in [0.2, 0.25) is 0 Å². The molecule has 0 heterocycles. The molecule has 33 heavy (non-hydrogen) atoms. The van der Waals surface area contributed by atoms with Gasteiger partial charge in [-0.25, -0.2) is 0 Å². The van der Waals surface area contributed by atoms with Crippen LogP contribution in [0.3, 0.4) is 0 Å². The van der Waals surface area contributed by atoms with E-state index in [9.17, 15) is 14.7 Å². The van der Waals surface area contributed by atoms with Gasteiger partial charge < -0.3 is 15.3 Å². The topological polar surface area (TPSA) is 94.8 Å². The summed E-state index contributed by atoms with van der Waals surface area (Å²) in [6, 6.07) is 0. The molecule has 1 saturated carbocycles. The Morgan fingerprint density at radius 2 is 1.45 bits per heavy atom. The van der Waals surface area contributed by atoms with Gasteiger partial charge in [0, 0.05) is 12.8 Å². The summed E-state index contributed by atoms with van der Waals surface area (Å²) in [7, 11) is 0. The predicted molar refractivity (Wildman–Crippen MR) is 138 cm³/mol. The molecule has 1 fully saturated rings. The minimum atomic E-state index is -0.814. The summed E-state index contributed by atoms with van der Waals surface area (Å²) in [5.74, 6) is -0.885. The highest BCUT2D eigenvalue weighted by atomic mass is 32.2. The Bertz CT molecular complexity index is 563. The van der Waals surface area contributed by atoms with E-state index < -0.39 is 18.0 Å². The van der Waals surface area contributed by atoms with Gasteiger partial charge >= 0.3 is 11.9 Å². The zero-order chi connectivity index (χ0) is 24.3. The van der Waals surface area contributed by atoms with Gasteiger partial charge in [0.05, 0.1) is 11.4 Å². The van der Waals surface area contributed by atoms with Gasteiger partial charge in [-0.15, -0.1) is 0 Å². The van der Waals surface area contributed by atoms with Crippen LogP contribution in [0.2, 0.25) is 0 Å². The lowest BCUT2D eigenvalue weighted by atomic mass is 9.80. The number of hydrogen-bond acceptors (Lipinski definition) is 4. The minimum Gasteiger partial charge on any atom is -0.481 e. The normalized spacial score (nSPS) is 22.0. The van der Waals surface area contributed by atoms with E-state index in [1.54, 1.807) is 11.8 Å². The third kappa shape index (κ3) is 14.8. The van der Waals surface area contributed by atoms with Crippen LogP contribution in [0.25, 0.3) is 0 Å². The third-order valence-electron chi connectivity index (χ3n) is 6.74. The maximum Gasteiger partial charge on any atom is 0.303 e. The first-order valence-corrected chi connectivity index (χ1v) is 14.4. The molecule has 192 valence electrons. The van der Waals surface area contributed by atoms with Crippen molar-refractivity contribution in [2.45, 2.75) is 134 Å². The highest BCUT2D eigenvalue weighted by molar-refractivity contribution is 8.00. The van der Waals surface area contributed by atoms with Crippen LogP contribution in [-0.4, -0.2) is 44.4 Å². The van der Waals surface area contributed by atoms with E-state index in [2.05, 4.69) is 13.0 Å². The molecular weight excluding hydrogens is 436 g/mol. The second-order valence-electron chi connectivity index (χ2n) is 9.61. The Morgan fingerprint density at radius 1 is 0.879 bits per heavy atom. The largest absolute Gasteiger partial charge is 0.481 e. The molecule has 6 heteroatoms. The van der Waals surface area contributed by atoms with Crippen LogP contribution >= 0.6 is 11.8 Å². The molecule has 0 bridgehead atoms. The van der Waals surface area contributed by atoms with Gasteiger partial charge in [0.25, 0.3) is 0 Å². The SMILES string of the molecule is CCCCCCCCCCCCCC=C1CC[C@@H](CCC(=O)O)[C@@H](O)[C@@H]1SCCCC(=O)O. The fourth-order valence-corrected chi connectivity index (χ4v) is 6.12. The number of allylic oxidation sites excluding steroid dienone is 1. The molecule has 1 aliphatic rings. The molecular formula is C27H48O5S. The third-order valence-corrected chi connectivity index (χ3v) is 8.20. The van der Waals surface area contributed by atoms with Crippen molar-refractivity contribution in [3.05, 3.63) is 11.6 Å². The molecule has 0 aromatic heterocycles. The van der Waals surface area contributed by atoms with Gasteiger partial charge in [0.15, 0.2) is 0 Å². The second-order valence-corrected chi connectivity index (χ2v) is 10.9. The first kappa shape index (κ1) is 30.0. The summed E-state index contributed by atoms with van der Waals surface area (Å²) in [5.41, 5.74) is 1.28. The summed E-state index contributed by atoms with van der Waals surface area (Å²) in [5, 5.41) is 28.8. The Balaban J connectivity index is 2.36. The lowest BCUT2D eigenvalue weighted by Crippen LogP contribution is -2.37. The Kier molecular flexibility index (Phi) is 17.6. The van der Waals surface area contributed by atoms with Crippen LogP contribution in [0.4, 0.5) is 0 Å². The number of aliphatic hydroxyl groups is 1. The first-order valence-electron chi connectivity index (χ1n) is 13.4. The van der Waals surface area contributed by atoms with E-state index in [0.717, 1.165) is 19.3 Å². The lowest BCUT2D eigenvalue weighted by molar-refractivity contribution is -0.138. The molecule has 0 aromatic carbocycles. The van der Waals surface area contributed by atoms with E-state index in [1.165, 1.54) is 76.2 Å². The van der Waals surface area contributed by atoms with Crippen LogP contribution in [0.5, 0.6) is 0 Å². The van der Waals surface area contributed by atoms with E-state index in [0.29, 0.717) is 18.6 Å². The fourth-order valence-electron chi connectivity index (χ4n) is 4.71. The summed E-state index contributed by atoms with van der Waals surface area (Å²) >= 11 is 1.65. The summed E-state index contributed by atoms with van der Waals surface area (Å²) in [6.07, 6.45) is 20.5. The van der Waals surface area contributed by atoms with Crippen molar-refractivity contribution >= 4 is 23.7 Å². The monoisotopic (exact) mass is 484 g/mol. The fraction of sp³-hybridized carbons (Fsp3) is 0.852. The number of carbonyl (C=O) groups is 2. The van der Waals surface area contributed by atoms with Gasteiger partial charge in [0.1, 0.15) is 0 Å². The zero-order valence-electron chi connectivity index (χ0n) is 20.8. The van der Waals surface area contributed by atoms with Crippen molar-refractivity contribution in [3.63, 3.8) is 0 Å². The molecule has 0 amide bonds. The summed E-state index contributed by atoms with van der Waals surface area (Å²) in [4.78, 5) is 21.7. The van der Waals surface area contributed by atoms with Crippen molar-refractivity contribution in [3.8, 4) is 0 Å². The molecule has 0 unspecified atom stereocenters. The number of hydrogen-bond donors (Lipinski definition) is 3. The smallest absolute Gasteiger partial charge is 0.303 e. The number of thioether (sulfide) groups is 1. The lowest BCUT2D eigenvalue weighted by Gasteiger charge is -2.36. The number of aliphatic hydroxyl groups excluding tert-OH is 1. The quantitative estimate of drug-likeness (QED) is 0.125. The second kappa shape index (κ2) is 19.3. The van der Waals surface area contributed by atoms with Crippen LogP contribution in [-0.2, 0) is 9.59 Å². The Hall–Kier alpha value is -1.01. The average molecular weight is 485 g/mol. The summed E-state index contributed by atoms with van der Waals surface area (Å²) < 4.78 is 0. The Morgan fingerprint density at radius 3 is 2.03 bits per heavy atom. The molecule has 0 aliphatic heterocycles. The van der Waals surface area contributed by atoms with Gasteiger partial charge in [-0.3, -0.25) is 9.59 Å². The minimum absolute atomic E-state index is 0.0113. The number of carboxylic acids is 2. The Labute approximate surface area is 205 Å². The van der Waals surface area contributed by atoms with E-state index in [1.807, 2.05) is 0 Å². The van der Waals surface area contributed by atoms with Crippen LogP contribution in [0, 0.1) is 5.92 Å². The summed E-state index contributed by atoms with van der Waals surface area (Å²) in [6.45, 7) is 2.26. The highest BCUT2D eigenvalue weighted by Crippen LogP contribution is 2.39. The van der Waals surface area contributed by atoms with Crippen molar-refractivity contribution < 1.29 is 24.9 Å². The van der Waals surface area contributed by atoms with Crippen LogP contribution in [0.1, 0.15) is 122 Å². The van der Waals surface area contributed by atoms with Gasteiger partial charge in [-0.1, -0.05) is 82.8 Å². The molecule has 0 aromatic rings. The number of unbranched alkanes of at least 4 members (excludes halogenated alkanes) is 11. The maximum atomic E-state index is 11.0. The molecule has 5 nitrogen and oxygen atoms in total. The van der Waals surface area contributed by atoms with Crippen molar-refractivity contribution in [1.82, 2.24) is 0 Å². The molecule has 1 aliphatic carbocycles. The van der Waals surface area contributed by atoms with Crippen molar-refractivity contribution in [2.75, 3.05) is 5.75 Å². The highest BCUT2D eigenvalue weighted by Gasteiger charge is 2.35. The first-order chi connectivity index (χ1) is 16.0. The standard InChI is InChI=1S/C27H48O5S/c1-2-3-4-5-6-7-8-9-10-11-12-13-15-23-18-17-22(19-20-25(30)31)26(32)27(23)33-21-14-16-24(28)29/h15,22,26-27,32H,2-14,16-21H2,1H3,(H,28,29)(H,30,31)/t22-,26+,27+/m0/s1. The molecule has 1 rings (SSSR count). The average Bonchev–Trinajstić information content (AvgIpc) is 2.77. The molecule has 0 saturated heterocycles. The van der Waals surface area contributed by atoms with Crippen molar-refractivity contribution in [2.24, 2.45) is 5.92 Å². The molecule has 0 spiro atoms. The molecule has 3 N–H and O–H groups in total. The van der Waals surface area contributed by atoms with Crippen molar-refractivity contribution in [1.29, 1.82) is 0 Å². The number of carboxylic acid groups (broad SMARTS) is 2. The molecule has 3 atom stereocenters. The maximum absolute atomic E-state index is 11.0. The van der Waals surface area contributed by atoms with Gasteiger partial charge in [-0.2, -0.15) is 11.8 Å². The van der Waals surface area contributed by atoms with E-state index >= 15 is 0 Å². The number of rotatable bonds is 20. The van der Waals surface area contributed by atoms with E-state index in [4.69, 9.17) is 10.2 Å².